The number of carbonyl (C=O) groups is 1. The van der Waals surface area contributed by atoms with E-state index in [1.807, 2.05) is 4.90 Å². The van der Waals surface area contributed by atoms with E-state index in [9.17, 15) is 14.3 Å². The number of aliphatic hydroxyl groups excluding tert-OH is 1. The summed E-state index contributed by atoms with van der Waals surface area (Å²) < 4.78 is 13.9. The van der Waals surface area contributed by atoms with Gasteiger partial charge in [-0.25, -0.2) is 14.4 Å². The molecular formula is C21H27FN4O2. The molecule has 2 atom stereocenters. The van der Waals surface area contributed by atoms with E-state index in [2.05, 4.69) is 14.9 Å². The predicted molar refractivity (Wildman–Crippen MR) is 104 cm³/mol. The molecular weight excluding hydrogens is 359 g/mol. The van der Waals surface area contributed by atoms with E-state index in [1.54, 1.807) is 37.5 Å². The zero-order valence-corrected chi connectivity index (χ0v) is 16.2. The Balaban J connectivity index is 1.60. The summed E-state index contributed by atoms with van der Waals surface area (Å²) in [4.78, 5) is 24.3. The molecule has 0 bridgehead atoms. The number of amides is 1. The summed E-state index contributed by atoms with van der Waals surface area (Å²) in [5, 5.41) is 10.4. The van der Waals surface area contributed by atoms with E-state index in [1.165, 1.54) is 12.4 Å². The maximum atomic E-state index is 13.9. The average Bonchev–Trinajstić information content (AvgIpc) is 2.92. The van der Waals surface area contributed by atoms with Crippen LogP contribution in [0.3, 0.4) is 0 Å². The number of hydrogen-bond donors (Lipinski definition) is 1. The number of β-amino-alcohol motifs (C(OH)–C–C–N with tert-alkyl or cyclic N) is 1. The molecule has 6 nitrogen and oxygen atoms in total. The predicted octanol–water partition coefficient (Wildman–Crippen LogP) is 2.55. The van der Waals surface area contributed by atoms with Gasteiger partial charge in [-0.2, -0.15) is 0 Å². The van der Waals surface area contributed by atoms with Crippen LogP contribution in [0.4, 0.5) is 4.39 Å². The molecule has 28 heavy (non-hydrogen) atoms. The van der Waals surface area contributed by atoms with E-state index in [0.717, 1.165) is 37.9 Å². The minimum atomic E-state index is -0.858. The Morgan fingerprint density at radius 1 is 1.29 bits per heavy atom. The number of likely N-dealkylation sites (tertiary alicyclic amines) is 1. The molecule has 1 N–H and O–H groups in total. The lowest BCUT2D eigenvalue weighted by atomic mass is 10.1. The van der Waals surface area contributed by atoms with Gasteiger partial charge in [0.05, 0.1) is 6.10 Å². The quantitative estimate of drug-likeness (QED) is 0.826. The summed E-state index contributed by atoms with van der Waals surface area (Å²) in [7, 11) is 0. The number of aromatic nitrogens is 2. The molecule has 0 spiro atoms. The van der Waals surface area contributed by atoms with Crippen LogP contribution in [0.5, 0.6) is 0 Å². The fourth-order valence-electron chi connectivity index (χ4n) is 3.83. The molecule has 1 aromatic heterocycles. The van der Waals surface area contributed by atoms with Crippen molar-refractivity contribution >= 4 is 5.91 Å². The van der Waals surface area contributed by atoms with Crippen molar-refractivity contribution in [2.75, 3.05) is 19.6 Å². The van der Waals surface area contributed by atoms with Crippen molar-refractivity contribution in [3.05, 3.63) is 59.9 Å². The molecule has 1 saturated heterocycles. The van der Waals surface area contributed by atoms with E-state index in [0.29, 0.717) is 18.7 Å². The van der Waals surface area contributed by atoms with E-state index < -0.39 is 6.10 Å². The SMILES string of the molecule is CC(=O)N(Cc1cncnc1)[C@H]1CCCN(C[C@@H](O)c2ccccc2F)CC1. The van der Waals surface area contributed by atoms with Crippen LogP contribution in [0.1, 0.15) is 43.4 Å². The van der Waals surface area contributed by atoms with Gasteiger partial charge in [-0.1, -0.05) is 18.2 Å². The minimum absolute atomic E-state index is 0.0358. The largest absolute Gasteiger partial charge is 0.387 e. The van der Waals surface area contributed by atoms with Gasteiger partial charge >= 0.3 is 0 Å². The lowest BCUT2D eigenvalue weighted by molar-refractivity contribution is -0.132. The molecule has 0 saturated carbocycles. The second-order valence-corrected chi connectivity index (χ2v) is 7.32. The number of benzene rings is 1. The summed E-state index contributed by atoms with van der Waals surface area (Å²) in [6.45, 7) is 4.06. The standard InChI is InChI=1S/C21H27FN4O2/c1-16(27)26(13-17-11-23-15-24-12-17)18-5-4-9-25(10-8-18)14-21(28)19-6-2-3-7-20(19)22/h2-3,6-7,11-12,15,18,21,28H,4-5,8-10,13-14H2,1H3/t18-,21+/m0/s1. The van der Waals surface area contributed by atoms with E-state index >= 15 is 0 Å². The first-order valence-electron chi connectivity index (χ1n) is 9.70. The first kappa shape index (κ1) is 20.4. The van der Waals surface area contributed by atoms with Gasteiger partial charge in [0.2, 0.25) is 5.91 Å². The second kappa shape index (κ2) is 9.71. The Hall–Kier alpha value is -2.38. The summed E-state index contributed by atoms with van der Waals surface area (Å²) in [6, 6.07) is 6.48. The van der Waals surface area contributed by atoms with E-state index in [-0.39, 0.29) is 17.8 Å². The Bertz CT molecular complexity index is 774. The summed E-state index contributed by atoms with van der Waals surface area (Å²) in [5.74, 6) is -0.343. The van der Waals surface area contributed by atoms with Crippen molar-refractivity contribution in [2.24, 2.45) is 0 Å². The third-order valence-electron chi connectivity index (χ3n) is 5.30. The van der Waals surface area contributed by atoms with Crippen LogP contribution in [-0.4, -0.2) is 56.5 Å². The Morgan fingerprint density at radius 2 is 2.04 bits per heavy atom. The van der Waals surface area contributed by atoms with Crippen molar-refractivity contribution < 1.29 is 14.3 Å². The highest BCUT2D eigenvalue weighted by Gasteiger charge is 2.26. The van der Waals surface area contributed by atoms with Gasteiger partial charge in [0.15, 0.2) is 0 Å². The lowest BCUT2D eigenvalue weighted by Gasteiger charge is -2.30. The second-order valence-electron chi connectivity index (χ2n) is 7.32. The molecule has 2 aromatic rings. The molecule has 0 radical (unpaired) electrons. The first-order chi connectivity index (χ1) is 13.5. The molecule has 0 unspecified atom stereocenters. The van der Waals surface area contributed by atoms with Gasteiger partial charge in [-0.05, 0) is 31.9 Å². The number of hydrogen-bond acceptors (Lipinski definition) is 5. The average molecular weight is 386 g/mol. The van der Waals surface area contributed by atoms with Gasteiger partial charge in [-0.3, -0.25) is 4.79 Å². The number of rotatable bonds is 6. The van der Waals surface area contributed by atoms with Crippen LogP contribution in [0.25, 0.3) is 0 Å². The third-order valence-corrected chi connectivity index (χ3v) is 5.30. The van der Waals surface area contributed by atoms with Gasteiger partial charge in [-0.15, -0.1) is 0 Å². The van der Waals surface area contributed by atoms with Crippen molar-refractivity contribution in [1.29, 1.82) is 0 Å². The van der Waals surface area contributed by atoms with Crippen LogP contribution in [0.15, 0.2) is 43.0 Å². The molecule has 1 aliphatic rings. The normalized spacial score (nSPS) is 19.0. The highest BCUT2D eigenvalue weighted by Crippen LogP contribution is 2.22. The molecule has 2 heterocycles. The fraction of sp³-hybridized carbons (Fsp3) is 0.476. The van der Waals surface area contributed by atoms with Crippen molar-refractivity contribution in [2.45, 2.75) is 44.9 Å². The minimum Gasteiger partial charge on any atom is -0.387 e. The van der Waals surface area contributed by atoms with Crippen molar-refractivity contribution in [3.8, 4) is 0 Å². The number of aliphatic hydroxyl groups is 1. The Labute approximate surface area is 165 Å². The van der Waals surface area contributed by atoms with Crippen LogP contribution in [0.2, 0.25) is 0 Å². The molecule has 7 heteroatoms. The summed E-state index contributed by atoms with van der Waals surface area (Å²) in [5.41, 5.74) is 1.24. The maximum absolute atomic E-state index is 13.9. The number of carbonyl (C=O) groups excluding carboxylic acids is 1. The number of nitrogens with zero attached hydrogens (tertiary/aromatic N) is 4. The molecule has 1 fully saturated rings. The van der Waals surface area contributed by atoms with Gasteiger partial charge in [0.25, 0.3) is 0 Å². The van der Waals surface area contributed by atoms with Crippen molar-refractivity contribution in [3.63, 3.8) is 0 Å². The van der Waals surface area contributed by atoms with Crippen molar-refractivity contribution in [1.82, 2.24) is 19.8 Å². The van der Waals surface area contributed by atoms with Gasteiger partial charge in [0.1, 0.15) is 12.1 Å². The summed E-state index contributed by atoms with van der Waals surface area (Å²) >= 11 is 0. The fourth-order valence-corrected chi connectivity index (χ4v) is 3.83. The van der Waals surface area contributed by atoms with Gasteiger partial charge in [0, 0.05) is 56.1 Å². The molecule has 1 amide bonds. The van der Waals surface area contributed by atoms with E-state index in [4.69, 9.17) is 0 Å². The van der Waals surface area contributed by atoms with Gasteiger partial charge < -0.3 is 14.9 Å². The molecule has 1 aliphatic heterocycles. The monoisotopic (exact) mass is 386 g/mol. The zero-order valence-electron chi connectivity index (χ0n) is 16.2. The smallest absolute Gasteiger partial charge is 0.219 e. The lowest BCUT2D eigenvalue weighted by Crippen LogP contribution is -2.39. The summed E-state index contributed by atoms with van der Waals surface area (Å²) in [6.07, 6.45) is 6.73. The first-order valence-corrected chi connectivity index (χ1v) is 9.70. The third kappa shape index (κ3) is 5.33. The highest BCUT2D eigenvalue weighted by molar-refractivity contribution is 5.73. The molecule has 150 valence electrons. The molecule has 0 aliphatic carbocycles. The highest BCUT2D eigenvalue weighted by atomic mass is 19.1. The van der Waals surface area contributed by atoms with Crippen LogP contribution in [-0.2, 0) is 11.3 Å². The topological polar surface area (TPSA) is 69.6 Å². The number of halogens is 1. The zero-order chi connectivity index (χ0) is 19.9. The Kier molecular flexibility index (Phi) is 7.06. The molecule has 1 aromatic carbocycles. The van der Waals surface area contributed by atoms with Crippen LogP contribution < -0.4 is 0 Å². The van der Waals surface area contributed by atoms with Crippen LogP contribution in [0, 0.1) is 5.82 Å². The van der Waals surface area contributed by atoms with Crippen LogP contribution >= 0.6 is 0 Å². The molecule has 3 rings (SSSR count). The Morgan fingerprint density at radius 3 is 2.75 bits per heavy atom. The maximum Gasteiger partial charge on any atom is 0.219 e.